The molecular formula is C4H8Cl2NO. The van der Waals surface area contributed by atoms with Crippen LogP contribution < -0.4 is 5.48 Å². The van der Waals surface area contributed by atoms with Gasteiger partial charge in [-0.3, -0.25) is 0 Å². The minimum absolute atomic E-state index is 0.164. The van der Waals surface area contributed by atoms with E-state index in [-0.39, 0.29) is 5.92 Å². The minimum Gasteiger partial charge on any atom is -0.317 e. The lowest BCUT2D eigenvalue weighted by molar-refractivity contribution is 0.157. The second kappa shape index (κ2) is 4.39. The normalized spacial score (nSPS) is 14.6. The number of hydroxylamine groups is 1. The Morgan fingerprint density at radius 3 is 2.25 bits per heavy atom. The van der Waals surface area contributed by atoms with Crippen molar-refractivity contribution in [1.29, 1.82) is 0 Å². The van der Waals surface area contributed by atoms with Gasteiger partial charge in [0, 0.05) is 12.5 Å². The van der Waals surface area contributed by atoms with Gasteiger partial charge in [-0.05, 0) is 6.92 Å². The Bertz CT molecular complexity index is 60.0. The summed E-state index contributed by atoms with van der Waals surface area (Å²) in [4.78, 5) is -0.519. The van der Waals surface area contributed by atoms with Crippen molar-refractivity contribution in [3.8, 4) is 0 Å². The molecule has 2 nitrogen and oxygen atoms in total. The number of hydrogen-bond donors (Lipinski definition) is 2. The largest absolute Gasteiger partial charge is 0.317 e. The van der Waals surface area contributed by atoms with Crippen molar-refractivity contribution in [1.82, 2.24) is 5.48 Å². The van der Waals surface area contributed by atoms with E-state index in [9.17, 15) is 0 Å². The second-order valence-electron chi connectivity index (χ2n) is 1.46. The highest BCUT2D eigenvalue weighted by Gasteiger charge is 2.08. The predicted octanol–water partition coefficient (Wildman–Crippen LogP) is 1.22. The topological polar surface area (TPSA) is 32.3 Å². The molecule has 49 valence electrons. The van der Waals surface area contributed by atoms with E-state index >= 15 is 0 Å². The third-order valence-electron chi connectivity index (χ3n) is 0.710. The van der Waals surface area contributed by atoms with Crippen LogP contribution in [0, 0.1) is 12.8 Å². The fourth-order valence-electron chi connectivity index (χ4n) is 0.206. The molecule has 0 aliphatic carbocycles. The van der Waals surface area contributed by atoms with Crippen LogP contribution in [0.2, 0.25) is 0 Å². The molecule has 0 amide bonds. The molecule has 0 aliphatic rings. The Hall–Kier alpha value is 0.500. The van der Waals surface area contributed by atoms with Gasteiger partial charge in [0.25, 0.3) is 0 Å². The Balaban J connectivity index is 3.17. The number of hydrogen-bond acceptors (Lipinski definition) is 2. The molecule has 0 aromatic rings. The van der Waals surface area contributed by atoms with E-state index in [4.69, 9.17) is 28.4 Å². The van der Waals surface area contributed by atoms with Gasteiger partial charge >= 0.3 is 0 Å². The van der Waals surface area contributed by atoms with Crippen LogP contribution >= 0.6 is 23.2 Å². The first kappa shape index (κ1) is 8.50. The van der Waals surface area contributed by atoms with Gasteiger partial charge in [-0.1, -0.05) is 0 Å². The van der Waals surface area contributed by atoms with Gasteiger partial charge in [-0.2, -0.15) is 0 Å². The number of alkyl halides is 2. The van der Waals surface area contributed by atoms with Gasteiger partial charge in [0.1, 0.15) is 4.84 Å². The third kappa shape index (κ3) is 3.50. The molecule has 0 aromatic heterocycles. The summed E-state index contributed by atoms with van der Waals surface area (Å²) in [6.45, 7) is 3.86. The highest BCUT2D eigenvalue weighted by atomic mass is 35.5. The van der Waals surface area contributed by atoms with Crippen LogP contribution in [0.15, 0.2) is 0 Å². The van der Waals surface area contributed by atoms with Crippen LogP contribution in [0.5, 0.6) is 0 Å². The number of halogens is 2. The Labute approximate surface area is 58.7 Å². The second-order valence-corrected chi connectivity index (χ2v) is 2.62. The smallest absolute Gasteiger partial charge is 0.111 e. The number of rotatable bonds is 3. The van der Waals surface area contributed by atoms with Gasteiger partial charge < -0.3 is 5.21 Å². The summed E-state index contributed by atoms with van der Waals surface area (Å²) in [6, 6.07) is 0. The molecule has 0 saturated carbocycles. The molecule has 0 rings (SSSR count). The summed E-state index contributed by atoms with van der Waals surface area (Å²) < 4.78 is 0. The third-order valence-corrected chi connectivity index (χ3v) is 1.42. The molecule has 4 heteroatoms. The van der Waals surface area contributed by atoms with Gasteiger partial charge in [0.05, 0.1) is 0 Å². The molecule has 0 aliphatic heterocycles. The zero-order chi connectivity index (χ0) is 6.57. The van der Waals surface area contributed by atoms with Crippen molar-refractivity contribution in [3.63, 3.8) is 0 Å². The van der Waals surface area contributed by atoms with Crippen molar-refractivity contribution in [2.24, 2.45) is 5.92 Å². The van der Waals surface area contributed by atoms with E-state index in [1.54, 1.807) is 0 Å². The standard InChI is InChI=1S/C4H8Cl2NO/c1-3(2-7-8)4(5)6/h3-4,7-8H,1-2H2/t3-/m0/s1. The Morgan fingerprint density at radius 1 is 1.62 bits per heavy atom. The van der Waals surface area contributed by atoms with Crippen molar-refractivity contribution >= 4 is 23.2 Å². The van der Waals surface area contributed by atoms with E-state index in [1.165, 1.54) is 0 Å². The van der Waals surface area contributed by atoms with Crippen molar-refractivity contribution in [3.05, 3.63) is 6.92 Å². The van der Waals surface area contributed by atoms with Gasteiger partial charge in [-0.25, -0.2) is 5.48 Å². The van der Waals surface area contributed by atoms with E-state index in [1.807, 2.05) is 5.48 Å². The van der Waals surface area contributed by atoms with Crippen LogP contribution in [0.3, 0.4) is 0 Å². The highest BCUT2D eigenvalue weighted by molar-refractivity contribution is 6.44. The summed E-state index contributed by atoms with van der Waals surface area (Å²) >= 11 is 10.7. The lowest BCUT2D eigenvalue weighted by Crippen LogP contribution is -2.21. The lowest BCUT2D eigenvalue weighted by Gasteiger charge is -2.08. The zero-order valence-electron chi connectivity index (χ0n) is 4.27. The Kier molecular flexibility index (Phi) is 4.66. The van der Waals surface area contributed by atoms with Crippen LogP contribution in [-0.2, 0) is 0 Å². The molecule has 0 heterocycles. The average Bonchev–Trinajstić information content (AvgIpc) is 1.67. The molecule has 1 atom stereocenters. The molecule has 0 spiro atoms. The summed E-state index contributed by atoms with van der Waals surface area (Å²) in [6.07, 6.45) is 0. The Morgan fingerprint density at radius 2 is 2.12 bits per heavy atom. The molecule has 2 N–H and O–H groups in total. The van der Waals surface area contributed by atoms with Crippen molar-refractivity contribution < 1.29 is 5.21 Å². The quantitative estimate of drug-likeness (QED) is 0.476. The molecule has 0 aromatic carbocycles. The summed E-state index contributed by atoms with van der Waals surface area (Å²) in [7, 11) is 0. The maximum atomic E-state index is 8.08. The van der Waals surface area contributed by atoms with E-state index in [2.05, 4.69) is 6.92 Å². The first-order valence-electron chi connectivity index (χ1n) is 2.16. The zero-order valence-corrected chi connectivity index (χ0v) is 5.78. The summed E-state index contributed by atoms with van der Waals surface area (Å²) in [5, 5.41) is 8.08. The van der Waals surface area contributed by atoms with Gasteiger partial charge in [-0.15, -0.1) is 23.2 Å². The van der Waals surface area contributed by atoms with Crippen LogP contribution in [-0.4, -0.2) is 16.6 Å². The molecule has 0 fully saturated rings. The molecule has 0 unspecified atom stereocenters. The molecule has 0 saturated heterocycles. The summed E-state index contributed by atoms with van der Waals surface area (Å²) in [5.74, 6) is -0.164. The molecular weight excluding hydrogens is 149 g/mol. The SMILES string of the molecule is [CH2][C@@H](CNO)C(Cl)Cl. The fourth-order valence-corrected chi connectivity index (χ4v) is 0.385. The molecule has 0 bridgehead atoms. The molecule has 1 radical (unpaired) electrons. The highest BCUT2D eigenvalue weighted by Crippen LogP contribution is 2.12. The predicted molar refractivity (Wildman–Crippen MR) is 34.1 cm³/mol. The molecule has 8 heavy (non-hydrogen) atoms. The first-order chi connectivity index (χ1) is 3.68. The first-order valence-corrected chi connectivity index (χ1v) is 3.04. The summed E-state index contributed by atoms with van der Waals surface area (Å²) in [5.41, 5.74) is 1.92. The maximum Gasteiger partial charge on any atom is 0.111 e. The van der Waals surface area contributed by atoms with Crippen LogP contribution in [0.25, 0.3) is 0 Å². The minimum atomic E-state index is -0.519. The monoisotopic (exact) mass is 156 g/mol. The van der Waals surface area contributed by atoms with Crippen LogP contribution in [0.4, 0.5) is 0 Å². The number of nitrogens with one attached hydrogen (secondary N) is 1. The van der Waals surface area contributed by atoms with Crippen molar-refractivity contribution in [2.75, 3.05) is 6.54 Å². The van der Waals surface area contributed by atoms with Crippen LogP contribution in [0.1, 0.15) is 0 Å². The van der Waals surface area contributed by atoms with E-state index < -0.39 is 4.84 Å². The van der Waals surface area contributed by atoms with Crippen molar-refractivity contribution in [2.45, 2.75) is 4.84 Å². The average molecular weight is 157 g/mol. The lowest BCUT2D eigenvalue weighted by atomic mass is 10.2. The van der Waals surface area contributed by atoms with E-state index in [0.29, 0.717) is 6.54 Å². The van der Waals surface area contributed by atoms with Gasteiger partial charge in [0.15, 0.2) is 0 Å². The fraction of sp³-hybridized carbons (Fsp3) is 0.750. The van der Waals surface area contributed by atoms with E-state index in [0.717, 1.165) is 0 Å². The maximum absolute atomic E-state index is 8.08. The van der Waals surface area contributed by atoms with Gasteiger partial charge in [0.2, 0.25) is 0 Å².